The first-order valence-corrected chi connectivity index (χ1v) is 7.31. The number of carboxylic acids is 1. The molecule has 0 atom stereocenters. The van der Waals surface area contributed by atoms with Crippen LogP contribution in [0.5, 0.6) is 0 Å². The maximum absolute atomic E-state index is 10.5. The molecule has 1 aromatic carbocycles. The van der Waals surface area contributed by atoms with Gasteiger partial charge in [-0.1, -0.05) is 35.5 Å². The van der Waals surface area contributed by atoms with Crippen molar-refractivity contribution in [1.82, 2.24) is 10.1 Å². The molecule has 1 aliphatic rings. The molecule has 5 heteroatoms. The lowest BCUT2D eigenvalue weighted by Crippen LogP contribution is -2.10. The van der Waals surface area contributed by atoms with E-state index >= 15 is 0 Å². The summed E-state index contributed by atoms with van der Waals surface area (Å²) >= 11 is 0. The summed E-state index contributed by atoms with van der Waals surface area (Å²) < 4.78 is 5.31. The van der Waals surface area contributed by atoms with Crippen LogP contribution in [0.1, 0.15) is 49.4 Å². The van der Waals surface area contributed by atoms with Crippen LogP contribution in [0.15, 0.2) is 34.9 Å². The van der Waals surface area contributed by atoms with Gasteiger partial charge < -0.3 is 9.63 Å². The highest BCUT2D eigenvalue weighted by Crippen LogP contribution is 2.52. The lowest BCUT2D eigenvalue weighted by molar-refractivity contribution is -0.137. The van der Waals surface area contributed by atoms with E-state index in [9.17, 15) is 4.79 Å². The molecule has 0 spiro atoms. The number of hydrogen-bond donors (Lipinski definition) is 1. The topological polar surface area (TPSA) is 76.2 Å². The summed E-state index contributed by atoms with van der Waals surface area (Å²) in [6.07, 6.45) is 4.33. The second kappa shape index (κ2) is 5.68. The molecule has 1 aromatic heterocycles. The molecule has 1 N–H and O–H groups in total. The van der Waals surface area contributed by atoms with Crippen LogP contribution in [0.4, 0.5) is 0 Å². The first kappa shape index (κ1) is 13.8. The minimum Gasteiger partial charge on any atom is -0.481 e. The van der Waals surface area contributed by atoms with Crippen molar-refractivity contribution in [2.45, 2.75) is 43.9 Å². The van der Waals surface area contributed by atoms with Crippen molar-refractivity contribution in [3.63, 3.8) is 0 Å². The van der Waals surface area contributed by atoms with E-state index in [0.29, 0.717) is 18.7 Å². The summed E-state index contributed by atoms with van der Waals surface area (Å²) in [7, 11) is 0. The number of carboxylic acid groups (broad SMARTS) is 1. The maximum Gasteiger partial charge on any atom is 0.303 e. The SMILES string of the molecule is O=C(O)CCCCc1nc(C2(c3ccccc3)CC2)no1. The Labute approximate surface area is 123 Å². The summed E-state index contributed by atoms with van der Waals surface area (Å²) in [5, 5.41) is 12.7. The maximum atomic E-state index is 10.5. The minimum absolute atomic E-state index is 0.0654. The van der Waals surface area contributed by atoms with E-state index in [1.807, 2.05) is 18.2 Å². The van der Waals surface area contributed by atoms with E-state index < -0.39 is 5.97 Å². The molecule has 0 unspecified atom stereocenters. The van der Waals surface area contributed by atoms with Crippen LogP contribution >= 0.6 is 0 Å². The smallest absolute Gasteiger partial charge is 0.303 e. The van der Waals surface area contributed by atoms with Gasteiger partial charge in [0.15, 0.2) is 5.82 Å². The third kappa shape index (κ3) is 2.96. The second-order valence-corrected chi connectivity index (χ2v) is 5.56. The predicted molar refractivity (Wildman–Crippen MR) is 75.9 cm³/mol. The Morgan fingerprint density at radius 3 is 2.67 bits per heavy atom. The van der Waals surface area contributed by atoms with E-state index in [2.05, 4.69) is 22.3 Å². The van der Waals surface area contributed by atoms with Crippen LogP contribution in [-0.4, -0.2) is 21.2 Å². The molecule has 3 rings (SSSR count). The fourth-order valence-electron chi connectivity index (χ4n) is 2.63. The Balaban J connectivity index is 1.64. The highest BCUT2D eigenvalue weighted by molar-refractivity contribution is 5.66. The number of aliphatic carboxylic acids is 1. The Kier molecular flexibility index (Phi) is 3.73. The van der Waals surface area contributed by atoms with Gasteiger partial charge in [-0.15, -0.1) is 0 Å². The molecule has 0 amide bonds. The van der Waals surface area contributed by atoms with Gasteiger partial charge in [-0.2, -0.15) is 4.98 Å². The lowest BCUT2D eigenvalue weighted by Gasteiger charge is -2.09. The first-order chi connectivity index (χ1) is 10.2. The third-order valence-corrected chi connectivity index (χ3v) is 4.00. The van der Waals surface area contributed by atoms with Crippen molar-refractivity contribution in [2.24, 2.45) is 0 Å². The molecule has 110 valence electrons. The van der Waals surface area contributed by atoms with Gasteiger partial charge in [0.05, 0.1) is 5.41 Å². The number of rotatable bonds is 7. The van der Waals surface area contributed by atoms with Gasteiger partial charge >= 0.3 is 5.97 Å². The van der Waals surface area contributed by atoms with Gasteiger partial charge in [0.1, 0.15) is 0 Å². The highest BCUT2D eigenvalue weighted by atomic mass is 16.5. The summed E-state index contributed by atoms with van der Waals surface area (Å²) in [4.78, 5) is 15.0. The monoisotopic (exact) mass is 286 g/mol. The number of aromatic nitrogens is 2. The summed E-state index contributed by atoms with van der Waals surface area (Å²) in [5.41, 5.74) is 1.17. The van der Waals surface area contributed by atoms with E-state index in [4.69, 9.17) is 9.63 Å². The molecule has 0 aliphatic heterocycles. The average Bonchev–Trinajstić information content (AvgIpc) is 3.17. The van der Waals surface area contributed by atoms with Crippen LogP contribution in [0.3, 0.4) is 0 Å². The summed E-state index contributed by atoms with van der Waals surface area (Å²) in [5.74, 6) is 0.613. The Morgan fingerprint density at radius 2 is 2.00 bits per heavy atom. The molecule has 0 saturated heterocycles. The van der Waals surface area contributed by atoms with Crippen LogP contribution < -0.4 is 0 Å². The van der Waals surface area contributed by atoms with Crippen molar-refractivity contribution in [3.05, 3.63) is 47.6 Å². The van der Waals surface area contributed by atoms with Gasteiger partial charge in [-0.05, 0) is 31.2 Å². The van der Waals surface area contributed by atoms with Crippen molar-refractivity contribution in [3.8, 4) is 0 Å². The van der Waals surface area contributed by atoms with E-state index in [-0.39, 0.29) is 11.8 Å². The molecule has 1 heterocycles. The number of unbranched alkanes of at least 4 members (excludes halogenated alkanes) is 1. The molecular weight excluding hydrogens is 268 g/mol. The number of aryl methyl sites for hydroxylation is 1. The van der Waals surface area contributed by atoms with Gasteiger partial charge in [0.25, 0.3) is 0 Å². The Hall–Kier alpha value is -2.17. The lowest BCUT2D eigenvalue weighted by atomic mass is 9.95. The largest absolute Gasteiger partial charge is 0.481 e. The Bertz CT molecular complexity index is 617. The fraction of sp³-hybridized carbons (Fsp3) is 0.438. The number of nitrogens with zero attached hydrogens (tertiary/aromatic N) is 2. The molecule has 1 aliphatic carbocycles. The van der Waals surface area contributed by atoms with E-state index in [1.165, 1.54) is 5.56 Å². The number of hydrogen-bond acceptors (Lipinski definition) is 4. The average molecular weight is 286 g/mol. The van der Waals surface area contributed by atoms with Crippen LogP contribution in [-0.2, 0) is 16.6 Å². The van der Waals surface area contributed by atoms with Crippen LogP contribution in [0.25, 0.3) is 0 Å². The molecule has 0 bridgehead atoms. The summed E-state index contributed by atoms with van der Waals surface area (Å²) in [6.45, 7) is 0. The number of carbonyl (C=O) groups is 1. The van der Waals surface area contributed by atoms with Crippen molar-refractivity contribution < 1.29 is 14.4 Å². The van der Waals surface area contributed by atoms with Gasteiger partial charge in [-0.25, -0.2) is 0 Å². The Morgan fingerprint density at radius 1 is 1.24 bits per heavy atom. The van der Waals surface area contributed by atoms with Crippen molar-refractivity contribution in [1.29, 1.82) is 0 Å². The highest BCUT2D eigenvalue weighted by Gasteiger charge is 2.49. The normalized spacial score (nSPS) is 15.8. The number of benzene rings is 1. The fourth-order valence-corrected chi connectivity index (χ4v) is 2.63. The van der Waals surface area contributed by atoms with Crippen LogP contribution in [0.2, 0.25) is 0 Å². The predicted octanol–water partition coefficient (Wildman–Crippen LogP) is 2.95. The van der Waals surface area contributed by atoms with Gasteiger partial charge in [0.2, 0.25) is 5.89 Å². The van der Waals surface area contributed by atoms with Gasteiger partial charge in [0, 0.05) is 12.8 Å². The standard InChI is InChI=1S/C16H18N2O3/c19-14(20)9-5-4-8-13-17-15(18-21-13)16(10-11-16)12-6-2-1-3-7-12/h1-3,6-7H,4-5,8-11H2,(H,19,20). The molecular formula is C16H18N2O3. The quantitative estimate of drug-likeness (QED) is 0.792. The van der Waals surface area contributed by atoms with Crippen molar-refractivity contribution in [2.75, 3.05) is 0 Å². The molecule has 5 nitrogen and oxygen atoms in total. The zero-order valence-electron chi connectivity index (χ0n) is 11.8. The second-order valence-electron chi connectivity index (χ2n) is 5.56. The van der Waals surface area contributed by atoms with Crippen LogP contribution in [0, 0.1) is 0 Å². The third-order valence-electron chi connectivity index (χ3n) is 4.00. The minimum atomic E-state index is -0.762. The molecule has 2 aromatic rings. The van der Waals surface area contributed by atoms with Gasteiger partial charge in [-0.3, -0.25) is 4.79 Å². The molecule has 1 fully saturated rings. The molecule has 1 saturated carbocycles. The van der Waals surface area contributed by atoms with E-state index in [0.717, 1.165) is 25.1 Å². The molecule has 21 heavy (non-hydrogen) atoms. The first-order valence-electron chi connectivity index (χ1n) is 7.31. The van der Waals surface area contributed by atoms with Crippen molar-refractivity contribution >= 4 is 5.97 Å². The van der Waals surface area contributed by atoms with E-state index in [1.54, 1.807) is 0 Å². The zero-order chi connectivity index (χ0) is 14.7. The zero-order valence-corrected chi connectivity index (χ0v) is 11.8. The molecule has 0 radical (unpaired) electrons. The summed E-state index contributed by atoms with van der Waals surface area (Å²) in [6, 6.07) is 10.3.